The molecule has 2 amide bonds. The molecule has 6 heteroatoms. The Labute approximate surface area is 169 Å². The molecule has 0 aliphatic carbocycles. The highest BCUT2D eigenvalue weighted by Gasteiger charge is 2.18. The SMILES string of the molecule is Cc1nc(-c2ccccc2)ccc1C(=O)N(C)CC(=O)Nc1ccccc1Cl. The van der Waals surface area contributed by atoms with Gasteiger partial charge in [-0.15, -0.1) is 0 Å². The highest BCUT2D eigenvalue weighted by molar-refractivity contribution is 6.33. The molecule has 28 heavy (non-hydrogen) atoms. The molecular weight excluding hydrogens is 374 g/mol. The molecule has 3 rings (SSSR count). The van der Waals surface area contributed by atoms with Crippen molar-refractivity contribution < 1.29 is 9.59 Å². The molecule has 0 bridgehead atoms. The van der Waals surface area contributed by atoms with Crippen molar-refractivity contribution in [3.8, 4) is 11.3 Å². The minimum Gasteiger partial charge on any atom is -0.332 e. The van der Waals surface area contributed by atoms with E-state index in [1.807, 2.05) is 36.4 Å². The van der Waals surface area contributed by atoms with Crippen molar-refractivity contribution in [2.45, 2.75) is 6.92 Å². The van der Waals surface area contributed by atoms with Crippen molar-refractivity contribution in [1.29, 1.82) is 0 Å². The lowest BCUT2D eigenvalue weighted by Gasteiger charge is -2.18. The third-order valence-electron chi connectivity index (χ3n) is 4.26. The smallest absolute Gasteiger partial charge is 0.255 e. The number of benzene rings is 2. The van der Waals surface area contributed by atoms with Crippen LogP contribution in [0.3, 0.4) is 0 Å². The molecule has 1 aromatic heterocycles. The number of hydrogen-bond donors (Lipinski definition) is 1. The molecule has 3 aromatic rings. The highest BCUT2D eigenvalue weighted by atomic mass is 35.5. The molecule has 1 N–H and O–H groups in total. The summed E-state index contributed by atoms with van der Waals surface area (Å²) in [6.45, 7) is 1.70. The van der Waals surface area contributed by atoms with Gasteiger partial charge in [-0.2, -0.15) is 0 Å². The lowest BCUT2D eigenvalue weighted by atomic mass is 10.1. The maximum absolute atomic E-state index is 12.7. The first-order valence-electron chi connectivity index (χ1n) is 8.78. The summed E-state index contributed by atoms with van der Waals surface area (Å²) in [6.07, 6.45) is 0. The number of hydrogen-bond acceptors (Lipinski definition) is 3. The third kappa shape index (κ3) is 4.56. The number of carbonyl (C=O) groups excluding carboxylic acids is 2. The van der Waals surface area contributed by atoms with Crippen LogP contribution in [-0.4, -0.2) is 35.3 Å². The number of nitrogens with zero attached hydrogens (tertiary/aromatic N) is 2. The third-order valence-corrected chi connectivity index (χ3v) is 4.59. The predicted octanol–water partition coefficient (Wildman–Crippen LogP) is 4.42. The van der Waals surface area contributed by atoms with Gasteiger partial charge in [0.05, 0.1) is 34.2 Å². The Kier molecular flexibility index (Phi) is 6.06. The molecule has 0 spiro atoms. The average molecular weight is 394 g/mol. The summed E-state index contributed by atoms with van der Waals surface area (Å²) in [6, 6.07) is 20.3. The number of aromatic nitrogens is 1. The molecule has 1 heterocycles. The van der Waals surface area contributed by atoms with Crippen LogP contribution >= 0.6 is 11.6 Å². The first-order chi connectivity index (χ1) is 13.5. The van der Waals surface area contributed by atoms with E-state index in [0.717, 1.165) is 11.3 Å². The zero-order valence-corrected chi connectivity index (χ0v) is 16.4. The molecule has 0 unspecified atom stereocenters. The largest absolute Gasteiger partial charge is 0.332 e. The van der Waals surface area contributed by atoms with Crippen LogP contribution in [0.2, 0.25) is 5.02 Å². The van der Waals surface area contributed by atoms with Gasteiger partial charge in [0, 0.05) is 12.6 Å². The Balaban J connectivity index is 1.69. The van der Waals surface area contributed by atoms with Crippen LogP contribution in [0.5, 0.6) is 0 Å². The molecule has 2 aromatic carbocycles. The summed E-state index contributed by atoms with van der Waals surface area (Å²) >= 11 is 6.05. The maximum atomic E-state index is 12.7. The van der Waals surface area contributed by atoms with Crippen LogP contribution in [-0.2, 0) is 4.79 Å². The van der Waals surface area contributed by atoms with Crippen molar-refractivity contribution in [2.24, 2.45) is 0 Å². The van der Waals surface area contributed by atoms with E-state index in [9.17, 15) is 9.59 Å². The van der Waals surface area contributed by atoms with Crippen LogP contribution in [0, 0.1) is 6.92 Å². The van der Waals surface area contributed by atoms with Crippen LogP contribution in [0.1, 0.15) is 16.1 Å². The molecule has 0 atom stereocenters. The second-order valence-electron chi connectivity index (χ2n) is 6.38. The molecular formula is C22H20ClN3O2. The van der Waals surface area contributed by atoms with Crippen molar-refractivity contribution in [2.75, 3.05) is 18.9 Å². The number of para-hydroxylation sites is 1. The van der Waals surface area contributed by atoms with Gasteiger partial charge in [-0.25, -0.2) is 0 Å². The summed E-state index contributed by atoms with van der Waals surface area (Å²) < 4.78 is 0. The summed E-state index contributed by atoms with van der Waals surface area (Å²) in [4.78, 5) is 30.9. The van der Waals surface area contributed by atoms with Crippen LogP contribution < -0.4 is 5.32 Å². The van der Waals surface area contributed by atoms with E-state index >= 15 is 0 Å². The molecule has 0 saturated carbocycles. The van der Waals surface area contributed by atoms with Gasteiger partial charge in [0.2, 0.25) is 5.91 Å². The first-order valence-corrected chi connectivity index (χ1v) is 9.16. The zero-order chi connectivity index (χ0) is 20.1. The number of likely N-dealkylation sites (N-methyl/N-ethyl adjacent to an activating group) is 1. The van der Waals surface area contributed by atoms with E-state index in [1.54, 1.807) is 44.3 Å². The fourth-order valence-corrected chi connectivity index (χ4v) is 2.98. The van der Waals surface area contributed by atoms with Gasteiger partial charge in [0.15, 0.2) is 0 Å². The fraction of sp³-hybridized carbons (Fsp3) is 0.136. The van der Waals surface area contributed by atoms with Gasteiger partial charge in [0.1, 0.15) is 0 Å². The number of pyridine rings is 1. The van der Waals surface area contributed by atoms with Crippen LogP contribution in [0.15, 0.2) is 66.7 Å². The minimum atomic E-state index is -0.324. The molecule has 0 aliphatic heterocycles. The summed E-state index contributed by atoms with van der Waals surface area (Å²) in [5.74, 6) is -0.589. The summed E-state index contributed by atoms with van der Waals surface area (Å²) in [5, 5.41) is 3.16. The Morgan fingerprint density at radius 1 is 1.00 bits per heavy atom. The molecule has 142 valence electrons. The lowest BCUT2D eigenvalue weighted by Crippen LogP contribution is -2.35. The molecule has 0 fully saturated rings. The van der Waals surface area contributed by atoms with Gasteiger partial charge in [0.25, 0.3) is 5.91 Å². The van der Waals surface area contributed by atoms with E-state index in [2.05, 4.69) is 10.3 Å². The van der Waals surface area contributed by atoms with E-state index in [0.29, 0.717) is 22.0 Å². The molecule has 0 aliphatic rings. The highest BCUT2D eigenvalue weighted by Crippen LogP contribution is 2.21. The van der Waals surface area contributed by atoms with E-state index in [1.165, 1.54) is 4.90 Å². The number of aryl methyl sites for hydroxylation is 1. The minimum absolute atomic E-state index is 0.0933. The van der Waals surface area contributed by atoms with Crippen LogP contribution in [0.4, 0.5) is 5.69 Å². The zero-order valence-electron chi connectivity index (χ0n) is 15.6. The van der Waals surface area contributed by atoms with Crippen molar-refractivity contribution in [3.05, 3.63) is 83.0 Å². The average Bonchev–Trinajstić information content (AvgIpc) is 2.69. The van der Waals surface area contributed by atoms with Crippen molar-refractivity contribution in [1.82, 2.24) is 9.88 Å². The Morgan fingerprint density at radius 3 is 2.36 bits per heavy atom. The van der Waals surface area contributed by atoms with Gasteiger partial charge in [-0.3, -0.25) is 14.6 Å². The van der Waals surface area contributed by atoms with E-state index < -0.39 is 0 Å². The lowest BCUT2D eigenvalue weighted by molar-refractivity contribution is -0.116. The number of anilines is 1. The standard InChI is InChI=1S/C22H20ClN3O2/c1-15-17(12-13-19(24-15)16-8-4-3-5-9-16)22(28)26(2)14-21(27)25-20-11-7-6-10-18(20)23/h3-13H,14H2,1-2H3,(H,25,27). The Hall–Kier alpha value is -3.18. The van der Waals surface area contributed by atoms with Gasteiger partial charge in [-0.05, 0) is 31.2 Å². The quantitative estimate of drug-likeness (QED) is 0.697. The molecule has 0 saturated heterocycles. The maximum Gasteiger partial charge on any atom is 0.255 e. The monoisotopic (exact) mass is 393 g/mol. The van der Waals surface area contributed by atoms with Crippen LogP contribution in [0.25, 0.3) is 11.3 Å². The van der Waals surface area contributed by atoms with E-state index in [-0.39, 0.29) is 18.4 Å². The second kappa shape index (κ2) is 8.67. The topological polar surface area (TPSA) is 62.3 Å². The molecule has 5 nitrogen and oxygen atoms in total. The number of halogens is 1. The number of carbonyl (C=O) groups is 2. The van der Waals surface area contributed by atoms with Gasteiger partial charge >= 0.3 is 0 Å². The predicted molar refractivity (Wildman–Crippen MR) is 111 cm³/mol. The Bertz CT molecular complexity index is 1010. The van der Waals surface area contributed by atoms with Gasteiger partial charge in [-0.1, -0.05) is 54.1 Å². The van der Waals surface area contributed by atoms with Crippen molar-refractivity contribution >= 4 is 29.1 Å². The number of amides is 2. The fourth-order valence-electron chi connectivity index (χ4n) is 2.80. The second-order valence-corrected chi connectivity index (χ2v) is 6.79. The number of rotatable bonds is 5. The van der Waals surface area contributed by atoms with Gasteiger partial charge < -0.3 is 10.2 Å². The normalized spacial score (nSPS) is 10.4. The first kappa shape index (κ1) is 19.6. The Morgan fingerprint density at radius 2 is 1.68 bits per heavy atom. The summed E-state index contributed by atoms with van der Waals surface area (Å²) in [7, 11) is 1.58. The van der Waals surface area contributed by atoms with Crippen molar-refractivity contribution in [3.63, 3.8) is 0 Å². The van der Waals surface area contributed by atoms with E-state index in [4.69, 9.17) is 11.6 Å². The number of nitrogens with one attached hydrogen (secondary N) is 1. The summed E-state index contributed by atoms with van der Waals surface area (Å²) in [5.41, 5.74) is 3.38. The molecule has 0 radical (unpaired) electrons.